The fraction of sp³-hybridized carbons (Fsp3) is 0.429. The van der Waals surface area contributed by atoms with Crippen molar-refractivity contribution in [3.63, 3.8) is 0 Å². The van der Waals surface area contributed by atoms with Crippen LogP contribution in [0.2, 0.25) is 10.0 Å². The molecule has 1 N–H and O–H groups in total. The van der Waals surface area contributed by atoms with Gasteiger partial charge in [0.1, 0.15) is 0 Å². The number of benzene rings is 1. The normalized spacial score (nSPS) is 12.6. The number of aryl methyl sites for hydroxylation is 1. The third-order valence-electron chi connectivity index (χ3n) is 3.02. The number of hydrogen-bond acceptors (Lipinski definition) is 5. The van der Waals surface area contributed by atoms with Gasteiger partial charge in [0.05, 0.1) is 16.6 Å². The molecule has 0 bridgehead atoms. The Balaban J connectivity index is 2.07. The molecule has 1 aromatic heterocycles. The van der Waals surface area contributed by atoms with Gasteiger partial charge in [0.25, 0.3) is 0 Å². The summed E-state index contributed by atoms with van der Waals surface area (Å²) in [7, 11) is 1.67. The highest BCUT2D eigenvalue weighted by molar-refractivity contribution is 6.42. The standard InChI is InChI=1S/C14H17Cl2N3O2/c1-9-18-19-14(21-9)8-17-13(5-6-20-2)10-3-4-11(15)12(16)7-10/h3-4,7,13,17H,5-6,8H2,1-2H3/t13-/m1/s1. The van der Waals surface area contributed by atoms with E-state index >= 15 is 0 Å². The van der Waals surface area contributed by atoms with Crippen LogP contribution in [0.3, 0.4) is 0 Å². The molecule has 0 fully saturated rings. The second-order valence-electron chi connectivity index (χ2n) is 4.60. The maximum Gasteiger partial charge on any atom is 0.230 e. The topological polar surface area (TPSA) is 60.2 Å². The van der Waals surface area contributed by atoms with Gasteiger partial charge in [-0.25, -0.2) is 0 Å². The van der Waals surface area contributed by atoms with Gasteiger partial charge in [-0.2, -0.15) is 0 Å². The largest absolute Gasteiger partial charge is 0.424 e. The van der Waals surface area contributed by atoms with Crippen LogP contribution in [0.5, 0.6) is 0 Å². The van der Waals surface area contributed by atoms with Gasteiger partial charge in [-0.1, -0.05) is 29.3 Å². The molecule has 2 aromatic rings. The molecule has 0 amide bonds. The summed E-state index contributed by atoms with van der Waals surface area (Å²) in [5.41, 5.74) is 1.04. The molecule has 0 spiro atoms. The molecule has 0 aliphatic carbocycles. The molecular weight excluding hydrogens is 313 g/mol. The lowest BCUT2D eigenvalue weighted by atomic mass is 10.0. The SMILES string of the molecule is COCC[C@@H](NCc1nnc(C)o1)c1ccc(Cl)c(Cl)c1. The van der Waals surface area contributed by atoms with Crippen molar-refractivity contribution in [1.82, 2.24) is 15.5 Å². The summed E-state index contributed by atoms with van der Waals surface area (Å²) < 4.78 is 10.5. The number of methoxy groups -OCH3 is 1. The van der Waals surface area contributed by atoms with Crippen molar-refractivity contribution in [2.45, 2.75) is 25.9 Å². The molecule has 0 saturated carbocycles. The van der Waals surface area contributed by atoms with Gasteiger partial charge in [0.2, 0.25) is 11.8 Å². The van der Waals surface area contributed by atoms with E-state index in [9.17, 15) is 0 Å². The Kier molecular flexibility index (Phi) is 5.99. The third-order valence-corrected chi connectivity index (χ3v) is 3.76. The predicted molar refractivity (Wildman–Crippen MR) is 81.6 cm³/mol. The van der Waals surface area contributed by atoms with Crippen molar-refractivity contribution in [1.29, 1.82) is 0 Å². The highest BCUT2D eigenvalue weighted by Crippen LogP contribution is 2.27. The van der Waals surface area contributed by atoms with Crippen molar-refractivity contribution in [2.24, 2.45) is 0 Å². The summed E-state index contributed by atoms with van der Waals surface area (Å²) in [6.07, 6.45) is 0.793. The minimum Gasteiger partial charge on any atom is -0.424 e. The van der Waals surface area contributed by atoms with Gasteiger partial charge in [0, 0.05) is 26.7 Å². The van der Waals surface area contributed by atoms with Gasteiger partial charge >= 0.3 is 0 Å². The summed E-state index contributed by atoms with van der Waals surface area (Å²) in [4.78, 5) is 0. The van der Waals surface area contributed by atoms with Crippen molar-refractivity contribution in [3.8, 4) is 0 Å². The first kappa shape index (κ1) is 16.2. The molecule has 5 nitrogen and oxygen atoms in total. The maximum absolute atomic E-state index is 6.08. The van der Waals surface area contributed by atoms with Crippen molar-refractivity contribution in [2.75, 3.05) is 13.7 Å². The van der Waals surface area contributed by atoms with Crippen molar-refractivity contribution < 1.29 is 9.15 Å². The number of nitrogens with zero attached hydrogens (tertiary/aromatic N) is 2. The second-order valence-corrected chi connectivity index (χ2v) is 5.42. The van der Waals surface area contributed by atoms with E-state index in [1.54, 1.807) is 20.1 Å². The summed E-state index contributed by atoms with van der Waals surface area (Å²) >= 11 is 12.0. The first-order chi connectivity index (χ1) is 10.1. The van der Waals surface area contributed by atoms with E-state index in [4.69, 9.17) is 32.4 Å². The molecule has 0 aliphatic rings. The van der Waals surface area contributed by atoms with E-state index in [1.807, 2.05) is 12.1 Å². The summed E-state index contributed by atoms with van der Waals surface area (Å²) in [6.45, 7) is 2.87. The van der Waals surface area contributed by atoms with Crippen molar-refractivity contribution in [3.05, 3.63) is 45.6 Å². The van der Waals surface area contributed by atoms with Crippen LogP contribution in [0.4, 0.5) is 0 Å². The average molecular weight is 330 g/mol. The zero-order valence-electron chi connectivity index (χ0n) is 11.9. The average Bonchev–Trinajstić information content (AvgIpc) is 2.88. The lowest BCUT2D eigenvalue weighted by Crippen LogP contribution is -2.22. The number of hydrogen-bond donors (Lipinski definition) is 1. The lowest BCUT2D eigenvalue weighted by molar-refractivity contribution is 0.182. The molecule has 0 aliphatic heterocycles. The van der Waals surface area contributed by atoms with Gasteiger partial charge < -0.3 is 14.5 Å². The lowest BCUT2D eigenvalue weighted by Gasteiger charge is -2.18. The third kappa shape index (κ3) is 4.68. The number of ether oxygens (including phenoxy) is 1. The molecule has 0 radical (unpaired) electrons. The van der Waals surface area contributed by atoms with Crippen LogP contribution in [0.15, 0.2) is 22.6 Å². The number of aromatic nitrogens is 2. The summed E-state index contributed by atoms with van der Waals surface area (Å²) in [5.74, 6) is 1.10. The molecular formula is C14H17Cl2N3O2. The number of nitrogens with one attached hydrogen (secondary N) is 1. The first-order valence-corrected chi connectivity index (χ1v) is 7.32. The molecule has 7 heteroatoms. The predicted octanol–water partition coefficient (Wildman–Crippen LogP) is 3.55. The van der Waals surface area contributed by atoms with Gasteiger partial charge in [0.15, 0.2) is 0 Å². The minimum absolute atomic E-state index is 0.0620. The van der Waals surface area contributed by atoms with E-state index in [0.717, 1.165) is 12.0 Å². The number of halogens is 2. The highest BCUT2D eigenvalue weighted by atomic mass is 35.5. The first-order valence-electron chi connectivity index (χ1n) is 6.56. The van der Waals surface area contributed by atoms with Crippen LogP contribution in [0.1, 0.15) is 29.8 Å². The van der Waals surface area contributed by atoms with E-state index in [0.29, 0.717) is 35.0 Å². The molecule has 1 heterocycles. The van der Waals surface area contributed by atoms with Crippen LogP contribution in [-0.2, 0) is 11.3 Å². The Morgan fingerprint density at radius 3 is 2.71 bits per heavy atom. The quantitative estimate of drug-likeness (QED) is 0.841. The van der Waals surface area contributed by atoms with E-state index < -0.39 is 0 Å². The second kappa shape index (κ2) is 7.75. The fourth-order valence-electron chi connectivity index (χ4n) is 1.97. The highest BCUT2D eigenvalue weighted by Gasteiger charge is 2.14. The number of rotatable bonds is 7. The Morgan fingerprint density at radius 2 is 2.10 bits per heavy atom. The molecule has 114 valence electrons. The van der Waals surface area contributed by atoms with E-state index in [2.05, 4.69) is 15.5 Å². The van der Waals surface area contributed by atoms with Gasteiger partial charge in [-0.05, 0) is 24.1 Å². The Bertz CT molecular complexity index is 589. The van der Waals surface area contributed by atoms with Crippen LogP contribution >= 0.6 is 23.2 Å². The Labute approximate surface area is 133 Å². The summed E-state index contributed by atoms with van der Waals surface area (Å²) in [5, 5.41) is 12.2. The molecule has 0 unspecified atom stereocenters. The van der Waals surface area contributed by atoms with E-state index in [1.165, 1.54) is 0 Å². The zero-order valence-corrected chi connectivity index (χ0v) is 13.4. The fourth-order valence-corrected chi connectivity index (χ4v) is 2.28. The Morgan fingerprint density at radius 1 is 1.29 bits per heavy atom. The molecule has 21 heavy (non-hydrogen) atoms. The van der Waals surface area contributed by atoms with Crippen LogP contribution in [0.25, 0.3) is 0 Å². The van der Waals surface area contributed by atoms with E-state index in [-0.39, 0.29) is 6.04 Å². The molecule has 0 saturated heterocycles. The Hall–Kier alpha value is -1.14. The minimum atomic E-state index is 0.0620. The summed E-state index contributed by atoms with van der Waals surface area (Å²) in [6, 6.07) is 5.65. The van der Waals surface area contributed by atoms with Gasteiger partial charge in [-0.3, -0.25) is 0 Å². The molecule has 1 aromatic carbocycles. The smallest absolute Gasteiger partial charge is 0.230 e. The maximum atomic E-state index is 6.08. The van der Waals surface area contributed by atoms with Crippen molar-refractivity contribution >= 4 is 23.2 Å². The van der Waals surface area contributed by atoms with Crippen LogP contribution in [0, 0.1) is 6.92 Å². The molecule has 2 rings (SSSR count). The zero-order chi connectivity index (χ0) is 15.2. The monoisotopic (exact) mass is 329 g/mol. The molecule has 1 atom stereocenters. The van der Waals surface area contributed by atoms with Crippen LogP contribution in [-0.4, -0.2) is 23.9 Å². The van der Waals surface area contributed by atoms with Crippen LogP contribution < -0.4 is 5.32 Å². The van der Waals surface area contributed by atoms with Gasteiger partial charge in [-0.15, -0.1) is 10.2 Å².